The van der Waals surface area contributed by atoms with Crippen LogP contribution in [0.25, 0.3) is 10.8 Å². The minimum atomic E-state index is -4.42. The molecule has 0 saturated carbocycles. The molecule has 174 valence electrons. The van der Waals surface area contributed by atoms with Gasteiger partial charge in [-0.1, -0.05) is 12.1 Å². The molecule has 3 aromatic rings. The number of nitrogens with zero attached hydrogens (tertiary/aromatic N) is 1. The molecule has 0 unspecified atom stereocenters. The van der Waals surface area contributed by atoms with Crippen LogP contribution in [0.3, 0.4) is 0 Å². The van der Waals surface area contributed by atoms with Crippen LogP contribution in [-0.4, -0.2) is 43.4 Å². The Bertz CT molecular complexity index is 1130. The molecular weight excluding hydrogens is 443 g/mol. The summed E-state index contributed by atoms with van der Waals surface area (Å²) in [5.74, 6) is 0.732. The Hall–Kier alpha value is -3.20. The first kappa shape index (κ1) is 23.0. The van der Waals surface area contributed by atoms with Crippen LogP contribution in [0.15, 0.2) is 60.7 Å². The molecule has 9 heteroatoms. The van der Waals surface area contributed by atoms with E-state index in [1.807, 2.05) is 6.07 Å². The second kappa shape index (κ2) is 9.35. The number of carbonyl (C=O) groups excluding carboxylic acids is 1. The van der Waals surface area contributed by atoms with Gasteiger partial charge in [0, 0.05) is 36.5 Å². The number of hydrogen-bond acceptors (Lipinski definition) is 3. The van der Waals surface area contributed by atoms with Gasteiger partial charge >= 0.3 is 6.18 Å². The lowest BCUT2D eigenvalue weighted by molar-refractivity contribution is -0.137. The smallest absolute Gasteiger partial charge is 0.416 e. The number of amides is 1. The van der Waals surface area contributed by atoms with E-state index in [2.05, 4.69) is 5.32 Å². The largest absolute Gasteiger partial charge is 0.457 e. The first-order valence-electron chi connectivity index (χ1n) is 10.4. The van der Waals surface area contributed by atoms with E-state index in [1.54, 1.807) is 35.2 Å². The summed E-state index contributed by atoms with van der Waals surface area (Å²) < 4.78 is 68.4. The van der Waals surface area contributed by atoms with Crippen molar-refractivity contribution >= 4 is 16.7 Å². The summed E-state index contributed by atoms with van der Waals surface area (Å²) in [6.45, 7) is 1.09. The number of benzene rings is 3. The van der Waals surface area contributed by atoms with Crippen molar-refractivity contribution in [1.82, 2.24) is 10.2 Å². The van der Waals surface area contributed by atoms with Crippen LogP contribution in [0.1, 0.15) is 15.9 Å². The van der Waals surface area contributed by atoms with Gasteiger partial charge in [-0.3, -0.25) is 4.79 Å². The van der Waals surface area contributed by atoms with Crippen LogP contribution in [0, 0.1) is 5.92 Å². The molecule has 33 heavy (non-hydrogen) atoms. The highest BCUT2D eigenvalue weighted by atomic mass is 19.4. The lowest BCUT2D eigenvalue weighted by Crippen LogP contribution is -2.53. The third-order valence-electron chi connectivity index (χ3n) is 5.47. The summed E-state index contributed by atoms with van der Waals surface area (Å²) in [5, 5.41) is 4.15. The molecule has 1 aliphatic heterocycles. The number of halogens is 5. The van der Waals surface area contributed by atoms with Gasteiger partial charge in [-0.25, -0.2) is 8.78 Å². The van der Waals surface area contributed by atoms with Gasteiger partial charge in [0.25, 0.3) is 12.3 Å². The first-order valence-corrected chi connectivity index (χ1v) is 10.4. The van der Waals surface area contributed by atoms with E-state index in [-0.39, 0.29) is 24.1 Å². The van der Waals surface area contributed by atoms with Crippen LogP contribution in [-0.2, 0) is 6.18 Å². The van der Waals surface area contributed by atoms with Gasteiger partial charge < -0.3 is 15.0 Å². The van der Waals surface area contributed by atoms with Crippen molar-refractivity contribution in [1.29, 1.82) is 0 Å². The van der Waals surface area contributed by atoms with Gasteiger partial charge in [0.1, 0.15) is 11.5 Å². The predicted molar refractivity (Wildman–Crippen MR) is 114 cm³/mol. The van der Waals surface area contributed by atoms with Crippen molar-refractivity contribution < 1.29 is 31.5 Å². The molecule has 1 aliphatic rings. The second-order valence-corrected chi connectivity index (χ2v) is 7.94. The average molecular weight is 464 g/mol. The fourth-order valence-electron chi connectivity index (χ4n) is 3.76. The van der Waals surface area contributed by atoms with Crippen molar-refractivity contribution in [3.05, 3.63) is 71.8 Å². The zero-order valence-electron chi connectivity index (χ0n) is 17.4. The van der Waals surface area contributed by atoms with Crippen LogP contribution in [0.4, 0.5) is 22.0 Å². The van der Waals surface area contributed by atoms with Gasteiger partial charge in [0.2, 0.25) is 0 Å². The van der Waals surface area contributed by atoms with Crippen LogP contribution >= 0.6 is 0 Å². The number of ether oxygens (including phenoxy) is 1. The van der Waals surface area contributed by atoms with Crippen molar-refractivity contribution in [3.8, 4) is 11.5 Å². The molecule has 0 atom stereocenters. The number of carbonyl (C=O) groups is 1. The molecule has 1 N–H and O–H groups in total. The van der Waals surface area contributed by atoms with Gasteiger partial charge in [-0.15, -0.1) is 0 Å². The molecule has 0 radical (unpaired) electrons. The molecule has 1 saturated heterocycles. The SMILES string of the molecule is O=C(c1ccc2c(Oc3ccc(C(F)(F)F)cc3)cccc2c1)N1CC(CNCC(F)F)C1. The Kier molecular flexibility index (Phi) is 6.51. The van der Waals surface area contributed by atoms with E-state index >= 15 is 0 Å². The van der Waals surface area contributed by atoms with Gasteiger partial charge in [0.05, 0.1) is 12.1 Å². The maximum absolute atomic E-state index is 12.7. The third-order valence-corrected chi connectivity index (χ3v) is 5.47. The summed E-state index contributed by atoms with van der Waals surface area (Å²) in [5.41, 5.74) is -0.262. The maximum Gasteiger partial charge on any atom is 0.416 e. The van der Waals surface area contributed by atoms with E-state index in [0.717, 1.165) is 17.5 Å². The summed E-state index contributed by atoms with van der Waals surface area (Å²) in [6, 6.07) is 14.8. The molecule has 3 aromatic carbocycles. The standard InChI is InChI=1S/C24H21F5N2O2/c25-22(26)12-30-11-15-13-31(14-15)23(32)17-4-9-20-16(10-17)2-1-3-21(20)33-19-7-5-18(6-8-19)24(27,28)29/h1-10,15,22,30H,11-14H2. The molecule has 4 rings (SSSR count). The monoisotopic (exact) mass is 464 g/mol. The van der Waals surface area contributed by atoms with Gasteiger partial charge in [0.15, 0.2) is 0 Å². The highest BCUT2D eigenvalue weighted by molar-refractivity contribution is 6.00. The van der Waals surface area contributed by atoms with E-state index < -0.39 is 18.2 Å². The van der Waals surface area contributed by atoms with E-state index in [0.29, 0.717) is 36.3 Å². The molecule has 1 amide bonds. The molecule has 1 fully saturated rings. The number of alkyl halides is 5. The molecule has 1 heterocycles. The van der Waals surface area contributed by atoms with Gasteiger partial charge in [-0.2, -0.15) is 13.2 Å². The Morgan fingerprint density at radius 2 is 1.79 bits per heavy atom. The Labute approximate surface area is 186 Å². The number of rotatable bonds is 7. The molecule has 0 spiro atoms. The summed E-state index contributed by atoms with van der Waals surface area (Å²) >= 11 is 0. The average Bonchev–Trinajstić information content (AvgIpc) is 2.74. The molecule has 4 nitrogen and oxygen atoms in total. The molecule has 0 aliphatic carbocycles. The highest BCUT2D eigenvalue weighted by Crippen LogP contribution is 2.34. The van der Waals surface area contributed by atoms with Crippen LogP contribution in [0.5, 0.6) is 11.5 Å². The van der Waals surface area contributed by atoms with Crippen molar-refractivity contribution in [2.75, 3.05) is 26.2 Å². The van der Waals surface area contributed by atoms with Gasteiger partial charge in [-0.05, 0) is 53.9 Å². The third kappa shape index (κ3) is 5.42. The number of nitrogens with one attached hydrogen (secondary N) is 1. The van der Waals surface area contributed by atoms with E-state index in [1.165, 1.54) is 12.1 Å². The Morgan fingerprint density at radius 3 is 2.45 bits per heavy atom. The Balaban J connectivity index is 1.43. The Morgan fingerprint density at radius 1 is 1.06 bits per heavy atom. The lowest BCUT2D eigenvalue weighted by atomic mass is 9.98. The maximum atomic E-state index is 12.7. The fraction of sp³-hybridized carbons (Fsp3) is 0.292. The summed E-state index contributed by atoms with van der Waals surface area (Å²) in [6.07, 6.45) is -6.81. The van der Waals surface area contributed by atoms with Crippen molar-refractivity contribution in [3.63, 3.8) is 0 Å². The predicted octanol–water partition coefficient (Wildman–Crippen LogP) is 5.58. The highest BCUT2D eigenvalue weighted by Gasteiger charge is 2.31. The fourth-order valence-corrected chi connectivity index (χ4v) is 3.76. The normalized spacial score (nSPS) is 14.5. The number of hydrogen-bond donors (Lipinski definition) is 1. The first-order chi connectivity index (χ1) is 15.7. The molecular formula is C24H21F5N2O2. The summed E-state index contributed by atoms with van der Waals surface area (Å²) in [4.78, 5) is 14.4. The van der Waals surface area contributed by atoms with E-state index in [4.69, 9.17) is 4.74 Å². The minimum Gasteiger partial charge on any atom is -0.457 e. The van der Waals surface area contributed by atoms with E-state index in [9.17, 15) is 26.7 Å². The molecule has 0 aromatic heterocycles. The molecule has 0 bridgehead atoms. The lowest BCUT2D eigenvalue weighted by Gasteiger charge is -2.39. The zero-order chi connectivity index (χ0) is 23.6. The minimum absolute atomic E-state index is 0.143. The van der Waals surface area contributed by atoms with Crippen LogP contribution < -0.4 is 10.1 Å². The van der Waals surface area contributed by atoms with Crippen molar-refractivity contribution in [2.45, 2.75) is 12.6 Å². The van der Waals surface area contributed by atoms with Crippen LogP contribution in [0.2, 0.25) is 0 Å². The zero-order valence-corrected chi connectivity index (χ0v) is 17.4. The quantitative estimate of drug-likeness (QED) is 0.465. The number of fused-ring (bicyclic) bond motifs is 1. The topological polar surface area (TPSA) is 41.6 Å². The van der Waals surface area contributed by atoms with Crippen molar-refractivity contribution in [2.24, 2.45) is 5.92 Å². The number of likely N-dealkylation sites (tertiary alicyclic amines) is 1. The summed E-state index contributed by atoms with van der Waals surface area (Å²) in [7, 11) is 0. The second-order valence-electron chi connectivity index (χ2n) is 7.94.